The van der Waals surface area contributed by atoms with Gasteiger partial charge in [-0.2, -0.15) is 0 Å². The third kappa shape index (κ3) is 4.26. The van der Waals surface area contributed by atoms with Gasteiger partial charge in [0.1, 0.15) is 5.75 Å². The van der Waals surface area contributed by atoms with Crippen LogP contribution in [0.1, 0.15) is 19.3 Å². The van der Waals surface area contributed by atoms with Gasteiger partial charge < -0.3 is 20.1 Å². The number of aliphatic carboxylic acids is 1. The fraction of sp³-hybridized carbons (Fsp3) is 0.429. The largest absolute Gasteiger partial charge is 0.495 e. The molecule has 21 heavy (non-hydrogen) atoms. The molecule has 7 heteroatoms. The number of carbonyl (C=O) groups excluding carboxylic acids is 1. The number of nitrogens with one attached hydrogen (secondary N) is 1. The van der Waals surface area contributed by atoms with Crippen LogP contribution in [-0.2, 0) is 4.79 Å². The average Bonchev–Trinajstić information content (AvgIpc) is 3.25. The van der Waals surface area contributed by atoms with Crippen LogP contribution in [0.4, 0.5) is 10.5 Å². The van der Waals surface area contributed by atoms with Crippen molar-refractivity contribution in [1.82, 2.24) is 4.90 Å². The molecule has 0 saturated heterocycles. The Bertz CT molecular complexity index is 546. The molecule has 0 radical (unpaired) electrons. The molecule has 0 heterocycles. The number of methoxy groups -OCH3 is 1. The van der Waals surface area contributed by atoms with Crippen LogP contribution in [0.25, 0.3) is 0 Å². The highest BCUT2D eigenvalue weighted by molar-refractivity contribution is 6.32. The molecule has 1 aliphatic rings. The molecule has 1 aromatic carbocycles. The number of ether oxygens (including phenoxy) is 1. The van der Waals surface area contributed by atoms with E-state index in [1.54, 1.807) is 23.1 Å². The fourth-order valence-electron chi connectivity index (χ4n) is 1.99. The van der Waals surface area contributed by atoms with Crippen LogP contribution >= 0.6 is 11.6 Å². The molecule has 1 fully saturated rings. The number of anilines is 1. The molecule has 6 nitrogen and oxygen atoms in total. The minimum Gasteiger partial charge on any atom is -0.495 e. The second-order valence-electron chi connectivity index (χ2n) is 4.85. The Morgan fingerprint density at radius 2 is 2.19 bits per heavy atom. The highest BCUT2D eigenvalue weighted by Gasteiger charge is 2.32. The molecule has 0 bridgehead atoms. The van der Waals surface area contributed by atoms with Crippen molar-refractivity contribution < 1.29 is 19.4 Å². The second-order valence-corrected chi connectivity index (χ2v) is 5.25. The van der Waals surface area contributed by atoms with Gasteiger partial charge in [0, 0.05) is 24.3 Å². The summed E-state index contributed by atoms with van der Waals surface area (Å²) < 4.78 is 5.09. The Balaban J connectivity index is 2.02. The molecule has 0 spiro atoms. The van der Waals surface area contributed by atoms with E-state index in [2.05, 4.69) is 5.32 Å². The summed E-state index contributed by atoms with van der Waals surface area (Å²) in [4.78, 5) is 24.5. The van der Waals surface area contributed by atoms with Crippen molar-refractivity contribution in [2.45, 2.75) is 25.3 Å². The van der Waals surface area contributed by atoms with E-state index < -0.39 is 5.97 Å². The molecule has 1 saturated carbocycles. The fourth-order valence-corrected chi connectivity index (χ4v) is 2.18. The number of hydrogen-bond donors (Lipinski definition) is 2. The summed E-state index contributed by atoms with van der Waals surface area (Å²) in [6.07, 6.45) is 1.77. The maximum Gasteiger partial charge on any atom is 0.322 e. The number of carboxylic acid groups (broad SMARTS) is 1. The zero-order chi connectivity index (χ0) is 15.4. The maximum absolute atomic E-state index is 12.2. The van der Waals surface area contributed by atoms with E-state index in [-0.39, 0.29) is 25.0 Å². The minimum atomic E-state index is -0.915. The Labute approximate surface area is 127 Å². The number of urea groups is 1. The lowest BCUT2D eigenvalue weighted by Gasteiger charge is -2.22. The molecule has 0 unspecified atom stereocenters. The van der Waals surface area contributed by atoms with Crippen LogP contribution < -0.4 is 10.1 Å². The molecule has 0 aromatic heterocycles. The zero-order valence-corrected chi connectivity index (χ0v) is 12.4. The lowest BCUT2D eigenvalue weighted by Crippen LogP contribution is -2.38. The van der Waals surface area contributed by atoms with Crippen LogP contribution in [0.15, 0.2) is 18.2 Å². The van der Waals surface area contributed by atoms with Gasteiger partial charge in [-0.1, -0.05) is 11.6 Å². The third-order valence-electron chi connectivity index (χ3n) is 3.22. The van der Waals surface area contributed by atoms with Crippen molar-refractivity contribution >= 4 is 29.3 Å². The van der Waals surface area contributed by atoms with Gasteiger partial charge in [-0.25, -0.2) is 4.79 Å². The van der Waals surface area contributed by atoms with E-state index in [0.717, 1.165) is 12.8 Å². The van der Waals surface area contributed by atoms with Gasteiger partial charge >= 0.3 is 12.0 Å². The van der Waals surface area contributed by atoms with Gasteiger partial charge in [0.25, 0.3) is 0 Å². The smallest absolute Gasteiger partial charge is 0.322 e. The molecule has 2 rings (SSSR count). The van der Waals surface area contributed by atoms with E-state index in [4.69, 9.17) is 21.4 Å². The molecule has 1 aromatic rings. The number of carboxylic acids is 1. The van der Waals surface area contributed by atoms with Crippen molar-refractivity contribution in [3.63, 3.8) is 0 Å². The Kier molecular flexibility index (Phi) is 4.90. The Hall–Kier alpha value is -1.95. The zero-order valence-electron chi connectivity index (χ0n) is 11.6. The van der Waals surface area contributed by atoms with Crippen molar-refractivity contribution in [3.05, 3.63) is 23.2 Å². The van der Waals surface area contributed by atoms with Crippen LogP contribution in [0.3, 0.4) is 0 Å². The number of nitrogens with zero attached hydrogens (tertiary/aromatic N) is 1. The average molecular weight is 313 g/mol. The quantitative estimate of drug-likeness (QED) is 0.846. The first kappa shape index (κ1) is 15.4. The predicted octanol–water partition coefficient (Wildman–Crippen LogP) is 2.82. The van der Waals surface area contributed by atoms with Gasteiger partial charge in [0.05, 0.1) is 18.6 Å². The summed E-state index contributed by atoms with van der Waals surface area (Å²) in [6, 6.07) is 4.77. The summed E-state index contributed by atoms with van der Waals surface area (Å²) in [5.74, 6) is -0.445. The van der Waals surface area contributed by atoms with Gasteiger partial charge in [0.15, 0.2) is 0 Å². The highest BCUT2D eigenvalue weighted by Crippen LogP contribution is 2.30. The SMILES string of the molecule is COc1cc(NC(=O)N(CCC(=O)O)C2CC2)ccc1Cl. The summed E-state index contributed by atoms with van der Waals surface area (Å²) in [5, 5.41) is 11.9. The number of halogens is 1. The van der Waals surface area contributed by atoms with Gasteiger partial charge in [-0.05, 0) is 25.0 Å². The van der Waals surface area contributed by atoms with E-state index in [1.165, 1.54) is 7.11 Å². The third-order valence-corrected chi connectivity index (χ3v) is 3.53. The molecule has 0 aliphatic heterocycles. The first-order valence-corrected chi connectivity index (χ1v) is 7.02. The van der Waals surface area contributed by atoms with Crippen LogP contribution in [0, 0.1) is 0 Å². The molecule has 114 valence electrons. The van der Waals surface area contributed by atoms with Crippen molar-refractivity contribution in [1.29, 1.82) is 0 Å². The number of amides is 2. The normalized spacial score (nSPS) is 13.6. The number of benzene rings is 1. The van der Waals surface area contributed by atoms with E-state index in [1.807, 2.05) is 0 Å². The summed E-state index contributed by atoms with van der Waals surface area (Å²) in [5.41, 5.74) is 0.558. The highest BCUT2D eigenvalue weighted by atomic mass is 35.5. The molecule has 2 N–H and O–H groups in total. The monoisotopic (exact) mass is 312 g/mol. The van der Waals surface area contributed by atoms with Gasteiger partial charge in [-0.3, -0.25) is 4.79 Å². The topological polar surface area (TPSA) is 78.9 Å². The summed E-state index contributed by atoms with van der Waals surface area (Å²) in [6.45, 7) is 0.205. The molecule has 2 amide bonds. The molecule has 0 atom stereocenters. The Morgan fingerprint density at radius 3 is 2.76 bits per heavy atom. The Morgan fingerprint density at radius 1 is 1.48 bits per heavy atom. The van der Waals surface area contributed by atoms with Gasteiger partial charge in [0.2, 0.25) is 0 Å². The number of rotatable bonds is 6. The number of carbonyl (C=O) groups is 2. The van der Waals surface area contributed by atoms with Crippen molar-refractivity contribution in [2.24, 2.45) is 0 Å². The van der Waals surface area contributed by atoms with Crippen molar-refractivity contribution in [3.8, 4) is 5.75 Å². The number of hydrogen-bond acceptors (Lipinski definition) is 3. The van der Waals surface area contributed by atoms with Crippen LogP contribution in [-0.4, -0.2) is 41.7 Å². The van der Waals surface area contributed by atoms with Crippen LogP contribution in [0.2, 0.25) is 5.02 Å². The first-order chi connectivity index (χ1) is 10.0. The van der Waals surface area contributed by atoms with Gasteiger partial charge in [-0.15, -0.1) is 0 Å². The molecular formula is C14H17ClN2O4. The lowest BCUT2D eigenvalue weighted by atomic mass is 10.3. The predicted molar refractivity (Wildman–Crippen MR) is 79.0 cm³/mol. The van der Waals surface area contributed by atoms with E-state index in [0.29, 0.717) is 16.5 Å². The molecule has 1 aliphatic carbocycles. The minimum absolute atomic E-state index is 0.0616. The van der Waals surface area contributed by atoms with E-state index >= 15 is 0 Å². The lowest BCUT2D eigenvalue weighted by molar-refractivity contribution is -0.137. The van der Waals surface area contributed by atoms with E-state index in [9.17, 15) is 9.59 Å². The standard InChI is InChI=1S/C14H17ClN2O4/c1-21-12-8-9(2-5-11(12)15)16-14(20)17(10-3-4-10)7-6-13(18)19/h2,5,8,10H,3-4,6-7H2,1H3,(H,16,20)(H,18,19). The summed E-state index contributed by atoms with van der Waals surface area (Å²) >= 11 is 5.93. The first-order valence-electron chi connectivity index (χ1n) is 6.64. The summed E-state index contributed by atoms with van der Waals surface area (Å²) in [7, 11) is 1.50. The molecular weight excluding hydrogens is 296 g/mol. The maximum atomic E-state index is 12.2. The van der Waals surface area contributed by atoms with Crippen molar-refractivity contribution in [2.75, 3.05) is 19.0 Å². The van der Waals surface area contributed by atoms with Crippen LogP contribution in [0.5, 0.6) is 5.75 Å². The second kappa shape index (κ2) is 6.67.